The Morgan fingerprint density at radius 3 is 2.12 bits per heavy atom. The summed E-state index contributed by atoms with van der Waals surface area (Å²) in [5.41, 5.74) is 1.21. The Morgan fingerprint density at radius 1 is 0.818 bits per heavy atom. The van der Waals surface area contributed by atoms with Crippen LogP contribution in [0.3, 0.4) is 0 Å². The van der Waals surface area contributed by atoms with Crippen LogP contribution in [0.1, 0.15) is 108 Å². The predicted molar refractivity (Wildman–Crippen MR) is 133 cm³/mol. The first-order valence-corrected chi connectivity index (χ1v) is 13.4. The average molecular weight is 461 g/mol. The van der Waals surface area contributed by atoms with Gasteiger partial charge in [-0.15, -0.1) is 0 Å². The molecule has 3 heteroatoms. The van der Waals surface area contributed by atoms with Crippen LogP contribution < -0.4 is 0 Å². The van der Waals surface area contributed by atoms with Gasteiger partial charge in [-0.1, -0.05) is 119 Å². The van der Waals surface area contributed by atoms with E-state index in [1.807, 2.05) is 6.07 Å². The lowest BCUT2D eigenvalue weighted by Gasteiger charge is -2.43. The molecule has 0 bridgehead atoms. The zero-order valence-electron chi connectivity index (χ0n) is 20.5. The van der Waals surface area contributed by atoms with Crippen molar-refractivity contribution in [2.24, 2.45) is 17.3 Å². The third kappa shape index (κ3) is 8.34. The van der Waals surface area contributed by atoms with Gasteiger partial charge in [-0.3, -0.25) is 0 Å². The molecule has 0 unspecified atom stereocenters. The zero-order valence-corrected chi connectivity index (χ0v) is 20.5. The highest BCUT2D eigenvalue weighted by molar-refractivity contribution is 5.34. The van der Waals surface area contributed by atoms with Crippen LogP contribution in [0.5, 0.6) is 0 Å². The Kier molecular flexibility index (Phi) is 10.1. The minimum absolute atomic E-state index is 0.0665. The van der Waals surface area contributed by atoms with Gasteiger partial charge < -0.3 is 0 Å². The number of allylic oxidation sites excluding steroid dienone is 4. The van der Waals surface area contributed by atoms with Crippen molar-refractivity contribution < 1.29 is 13.2 Å². The summed E-state index contributed by atoms with van der Waals surface area (Å²) in [6.45, 7) is 2.26. The Balaban J connectivity index is 1.58. The molecule has 184 valence electrons. The van der Waals surface area contributed by atoms with Crippen LogP contribution >= 0.6 is 0 Å². The molecule has 0 heterocycles. The molecule has 1 fully saturated rings. The fraction of sp³-hybridized carbons (Fsp3) is 0.667. The lowest BCUT2D eigenvalue weighted by Crippen LogP contribution is -2.32. The molecule has 2 aliphatic carbocycles. The second kappa shape index (κ2) is 12.8. The Hall–Kier alpha value is -1.51. The van der Waals surface area contributed by atoms with Crippen LogP contribution in [0.4, 0.5) is 13.2 Å². The normalized spacial score (nSPS) is 27.7. The number of hydrogen-bond donors (Lipinski definition) is 0. The number of hydrogen-bond acceptors (Lipinski definition) is 0. The number of halogens is 3. The van der Waals surface area contributed by atoms with Crippen LogP contribution in [0, 0.1) is 17.3 Å². The molecule has 0 amide bonds. The minimum atomic E-state index is -4.04. The Bertz CT molecular complexity index is 709. The second-order valence-electron chi connectivity index (χ2n) is 10.5. The number of rotatable bonds is 12. The van der Waals surface area contributed by atoms with Crippen LogP contribution in [0.2, 0.25) is 0 Å². The van der Waals surface area contributed by atoms with E-state index < -0.39 is 12.6 Å². The van der Waals surface area contributed by atoms with Gasteiger partial charge in [0, 0.05) is 17.8 Å². The molecule has 3 rings (SSSR count). The third-order valence-electron chi connectivity index (χ3n) is 8.05. The predicted octanol–water partition coefficient (Wildman–Crippen LogP) is 10.2. The molecule has 1 saturated carbocycles. The first kappa shape index (κ1) is 26.1. The molecular formula is C30H43F3. The van der Waals surface area contributed by atoms with Crippen molar-refractivity contribution in [1.29, 1.82) is 0 Å². The van der Waals surface area contributed by atoms with Crippen molar-refractivity contribution in [2.75, 3.05) is 0 Å². The number of alkyl halides is 3. The highest BCUT2D eigenvalue weighted by Gasteiger charge is 2.38. The summed E-state index contributed by atoms with van der Waals surface area (Å²) in [5.74, 6) is 1.68. The summed E-state index contributed by atoms with van der Waals surface area (Å²) < 4.78 is 38.1. The lowest BCUT2D eigenvalue weighted by molar-refractivity contribution is -0.135. The van der Waals surface area contributed by atoms with E-state index in [1.165, 1.54) is 69.8 Å². The fourth-order valence-electron chi connectivity index (χ4n) is 6.01. The van der Waals surface area contributed by atoms with Crippen molar-refractivity contribution >= 4 is 0 Å². The summed E-state index contributed by atoms with van der Waals surface area (Å²) in [7, 11) is 0. The van der Waals surface area contributed by atoms with E-state index in [1.54, 1.807) is 0 Å². The molecule has 1 aromatic carbocycles. The molecule has 0 aliphatic heterocycles. The van der Waals surface area contributed by atoms with Crippen molar-refractivity contribution in [1.82, 2.24) is 0 Å². The maximum atomic E-state index is 12.7. The van der Waals surface area contributed by atoms with E-state index in [0.29, 0.717) is 12.3 Å². The number of benzene rings is 1. The van der Waals surface area contributed by atoms with Crippen LogP contribution in [-0.4, -0.2) is 6.18 Å². The molecule has 0 aromatic heterocycles. The van der Waals surface area contributed by atoms with E-state index >= 15 is 0 Å². The first-order chi connectivity index (χ1) is 15.9. The van der Waals surface area contributed by atoms with E-state index in [0.717, 1.165) is 12.3 Å². The lowest BCUT2D eigenvalue weighted by atomic mass is 9.62. The molecule has 0 nitrogen and oxygen atoms in total. The maximum absolute atomic E-state index is 12.7. The molecular weight excluding hydrogens is 417 g/mol. The van der Waals surface area contributed by atoms with Gasteiger partial charge >= 0.3 is 6.18 Å². The molecule has 33 heavy (non-hydrogen) atoms. The van der Waals surface area contributed by atoms with Gasteiger partial charge in [0.05, 0.1) is 0 Å². The number of unbranched alkanes of at least 4 members (excludes halogenated alkanes) is 5. The summed E-state index contributed by atoms with van der Waals surface area (Å²) >= 11 is 0. The first-order valence-electron chi connectivity index (χ1n) is 13.4. The highest BCUT2D eigenvalue weighted by atomic mass is 19.4. The second-order valence-corrected chi connectivity index (χ2v) is 10.5. The van der Waals surface area contributed by atoms with Crippen molar-refractivity contribution in [3.8, 4) is 0 Å². The summed E-state index contributed by atoms with van der Waals surface area (Å²) in [6.07, 6.45) is 19.4. The molecule has 1 aromatic rings. The van der Waals surface area contributed by atoms with Gasteiger partial charge in [-0.25, -0.2) is 0 Å². The monoisotopic (exact) mass is 460 g/mol. The minimum Gasteiger partial charge on any atom is -0.171 e. The average Bonchev–Trinajstić information content (AvgIpc) is 2.82. The Labute approximate surface area is 199 Å². The SMILES string of the molecule is CCCCCCCC1CCC(C2(CCCCC(F)(F)F)C=CC(c3ccccc3)C=C2)CC1. The summed E-state index contributed by atoms with van der Waals surface area (Å²) in [6, 6.07) is 10.5. The molecule has 0 N–H and O–H groups in total. The van der Waals surface area contributed by atoms with Crippen LogP contribution in [0.15, 0.2) is 54.6 Å². The van der Waals surface area contributed by atoms with Crippen LogP contribution in [0.25, 0.3) is 0 Å². The molecule has 0 atom stereocenters. The topological polar surface area (TPSA) is 0 Å². The smallest absolute Gasteiger partial charge is 0.171 e. The van der Waals surface area contributed by atoms with Gasteiger partial charge in [0.1, 0.15) is 0 Å². The zero-order chi connectivity index (χ0) is 23.6. The van der Waals surface area contributed by atoms with Crippen molar-refractivity contribution in [3.05, 3.63) is 60.2 Å². The van der Waals surface area contributed by atoms with Gasteiger partial charge in [-0.2, -0.15) is 13.2 Å². The summed E-state index contributed by atoms with van der Waals surface area (Å²) in [5, 5.41) is 0. The van der Waals surface area contributed by atoms with E-state index in [2.05, 4.69) is 55.5 Å². The standard InChI is InChI=1S/C30H43F3/c1-2-3-4-5-7-12-25-15-17-28(18-16-25)29(21-10-11-22-30(31,32)33)23-19-27(20-24-29)26-13-8-6-9-14-26/h6,8-9,13-14,19-20,23-25,27-28H,2-5,7,10-12,15-18,21-22H2,1H3. The molecule has 2 aliphatic rings. The molecule has 0 radical (unpaired) electrons. The van der Waals surface area contributed by atoms with E-state index in [-0.39, 0.29) is 17.8 Å². The van der Waals surface area contributed by atoms with E-state index in [4.69, 9.17) is 0 Å². The van der Waals surface area contributed by atoms with Crippen molar-refractivity contribution in [2.45, 2.75) is 109 Å². The van der Waals surface area contributed by atoms with Gasteiger partial charge in [0.2, 0.25) is 0 Å². The van der Waals surface area contributed by atoms with Crippen LogP contribution in [-0.2, 0) is 0 Å². The quantitative estimate of drug-likeness (QED) is 0.215. The fourth-order valence-corrected chi connectivity index (χ4v) is 6.01. The van der Waals surface area contributed by atoms with Gasteiger partial charge in [-0.05, 0) is 43.1 Å². The molecule has 0 saturated heterocycles. The van der Waals surface area contributed by atoms with E-state index in [9.17, 15) is 13.2 Å². The summed E-state index contributed by atoms with van der Waals surface area (Å²) in [4.78, 5) is 0. The largest absolute Gasteiger partial charge is 0.389 e. The third-order valence-corrected chi connectivity index (χ3v) is 8.05. The highest BCUT2D eigenvalue weighted by Crippen LogP contribution is 2.49. The Morgan fingerprint density at radius 2 is 1.48 bits per heavy atom. The van der Waals surface area contributed by atoms with Gasteiger partial charge in [0.25, 0.3) is 0 Å². The molecule has 0 spiro atoms. The van der Waals surface area contributed by atoms with Crippen molar-refractivity contribution in [3.63, 3.8) is 0 Å². The van der Waals surface area contributed by atoms with Gasteiger partial charge in [0.15, 0.2) is 0 Å². The maximum Gasteiger partial charge on any atom is 0.389 e.